The summed E-state index contributed by atoms with van der Waals surface area (Å²) in [6.45, 7) is 8.38. The molecule has 0 spiro atoms. The predicted octanol–water partition coefficient (Wildman–Crippen LogP) is 5.20. The van der Waals surface area contributed by atoms with Gasteiger partial charge < -0.3 is 4.98 Å². The molecule has 0 atom stereocenters. The fraction of sp³-hybridized carbons (Fsp3) is 0.286. The van der Waals surface area contributed by atoms with E-state index >= 15 is 0 Å². The number of fused-ring (bicyclic) bond motifs is 1. The number of hydrogen-bond donors (Lipinski definition) is 1. The van der Waals surface area contributed by atoms with Crippen molar-refractivity contribution >= 4 is 33.3 Å². The Kier molecular flexibility index (Phi) is 5.12. The number of hydrogen-bond acceptors (Lipinski definition) is 5. The first-order valence-electron chi connectivity index (χ1n) is 9.20. The Balaban J connectivity index is 1.64. The molecule has 1 aromatic carbocycles. The molecule has 28 heavy (non-hydrogen) atoms. The Morgan fingerprint density at radius 3 is 2.82 bits per heavy atom. The topological polar surface area (TPSA) is 63.6 Å². The molecule has 4 rings (SSSR count). The van der Waals surface area contributed by atoms with Crippen LogP contribution in [-0.2, 0) is 5.75 Å². The van der Waals surface area contributed by atoms with Gasteiger partial charge in [0, 0.05) is 17.3 Å². The van der Waals surface area contributed by atoms with E-state index in [0.717, 1.165) is 26.1 Å². The van der Waals surface area contributed by atoms with Gasteiger partial charge in [0.2, 0.25) is 0 Å². The van der Waals surface area contributed by atoms with Crippen molar-refractivity contribution in [2.24, 2.45) is 0 Å². The van der Waals surface area contributed by atoms with Crippen LogP contribution in [0.5, 0.6) is 0 Å². The van der Waals surface area contributed by atoms with Crippen LogP contribution in [0.2, 0.25) is 0 Å². The van der Waals surface area contributed by atoms with E-state index in [1.165, 1.54) is 5.56 Å². The molecule has 0 aliphatic carbocycles. The van der Waals surface area contributed by atoms with Gasteiger partial charge in [0.25, 0.3) is 5.56 Å². The number of para-hydroxylation sites is 1. The fourth-order valence-electron chi connectivity index (χ4n) is 3.28. The number of nitrogens with one attached hydrogen (secondary N) is 1. The summed E-state index contributed by atoms with van der Waals surface area (Å²) >= 11 is 3.15. The van der Waals surface area contributed by atoms with Gasteiger partial charge in [0.05, 0.1) is 16.8 Å². The summed E-state index contributed by atoms with van der Waals surface area (Å²) < 4.78 is 2.11. The second kappa shape index (κ2) is 7.56. The summed E-state index contributed by atoms with van der Waals surface area (Å²) in [7, 11) is 0. The number of imidazole rings is 1. The lowest BCUT2D eigenvalue weighted by molar-refractivity contribution is 0.817. The van der Waals surface area contributed by atoms with Crippen LogP contribution < -0.4 is 5.56 Å². The number of thiophene rings is 1. The molecule has 4 aromatic rings. The van der Waals surface area contributed by atoms with Crippen molar-refractivity contribution in [2.45, 2.75) is 44.5 Å². The second-order valence-corrected chi connectivity index (χ2v) is 9.20. The number of nitrogens with zero attached hydrogens (tertiary/aromatic N) is 3. The van der Waals surface area contributed by atoms with Crippen molar-refractivity contribution in [1.29, 1.82) is 0 Å². The van der Waals surface area contributed by atoms with Crippen molar-refractivity contribution < 1.29 is 0 Å². The van der Waals surface area contributed by atoms with Crippen molar-refractivity contribution in [1.82, 2.24) is 19.5 Å². The molecule has 3 aromatic heterocycles. The van der Waals surface area contributed by atoms with Crippen LogP contribution >= 0.6 is 23.1 Å². The quantitative estimate of drug-likeness (QED) is 0.459. The van der Waals surface area contributed by atoms with Crippen molar-refractivity contribution in [3.05, 3.63) is 68.8 Å². The highest BCUT2D eigenvalue weighted by Crippen LogP contribution is 2.29. The molecule has 0 aliphatic rings. The first-order valence-corrected chi connectivity index (χ1v) is 11.0. The normalized spacial score (nSPS) is 11.6. The van der Waals surface area contributed by atoms with Crippen molar-refractivity contribution in [3.8, 4) is 5.69 Å². The molecule has 1 N–H and O–H groups in total. The smallest absolute Gasteiger partial charge is 0.259 e. The highest BCUT2D eigenvalue weighted by atomic mass is 32.2. The SMILES string of the molecule is Cc1sc2nc(CSc3nccn3-c3ccccc3C(C)C)[nH]c(=O)c2c1C. The molecule has 7 heteroatoms. The van der Waals surface area contributed by atoms with E-state index in [1.54, 1.807) is 23.1 Å². The lowest BCUT2D eigenvalue weighted by Gasteiger charge is -2.15. The van der Waals surface area contributed by atoms with E-state index in [0.29, 0.717) is 22.9 Å². The number of aromatic nitrogens is 4. The first-order chi connectivity index (χ1) is 13.5. The Labute approximate surface area is 171 Å². The van der Waals surface area contributed by atoms with E-state index in [2.05, 4.69) is 51.6 Å². The van der Waals surface area contributed by atoms with Crippen LogP contribution in [0.1, 0.15) is 41.6 Å². The number of thioether (sulfide) groups is 1. The van der Waals surface area contributed by atoms with Gasteiger partial charge in [-0.25, -0.2) is 9.97 Å². The molecule has 5 nitrogen and oxygen atoms in total. The largest absolute Gasteiger partial charge is 0.309 e. The summed E-state index contributed by atoms with van der Waals surface area (Å²) in [5, 5.41) is 1.60. The average molecular weight is 411 g/mol. The molecule has 144 valence electrons. The number of aryl methyl sites for hydroxylation is 2. The van der Waals surface area contributed by atoms with Gasteiger partial charge in [-0.2, -0.15) is 0 Å². The minimum absolute atomic E-state index is 0.0593. The van der Waals surface area contributed by atoms with Crippen molar-refractivity contribution in [3.63, 3.8) is 0 Å². The lowest BCUT2D eigenvalue weighted by atomic mass is 10.0. The average Bonchev–Trinajstić information content (AvgIpc) is 3.24. The third-order valence-corrected chi connectivity index (χ3v) is 6.93. The molecule has 0 fully saturated rings. The van der Waals surface area contributed by atoms with Crippen LogP contribution in [0.25, 0.3) is 15.9 Å². The van der Waals surface area contributed by atoms with Crippen molar-refractivity contribution in [2.75, 3.05) is 0 Å². The molecule has 0 radical (unpaired) electrons. The Bertz CT molecular complexity index is 1200. The zero-order valence-electron chi connectivity index (χ0n) is 16.3. The number of aromatic amines is 1. The summed E-state index contributed by atoms with van der Waals surface area (Å²) in [6, 6.07) is 8.38. The van der Waals surface area contributed by atoms with Gasteiger partial charge in [0.15, 0.2) is 5.16 Å². The van der Waals surface area contributed by atoms with E-state index in [1.807, 2.05) is 32.3 Å². The van der Waals surface area contributed by atoms with Crippen LogP contribution in [0.3, 0.4) is 0 Å². The van der Waals surface area contributed by atoms with E-state index in [-0.39, 0.29) is 5.56 Å². The van der Waals surface area contributed by atoms with Crippen LogP contribution in [0.15, 0.2) is 46.6 Å². The molecule has 0 amide bonds. The zero-order chi connectivity index (χ0) is 19.8. The summed E-state index contributed by atoms with van der Waals surface area (Å²) in [4.78, 5) is 26.6. The summed E-state index contributed by atoms with van der Waals surface area (Å²) in [6.07, 6.45) is 3.79. The number of rotatable bonds is 5. The number of benzene rings is 1. The monoisotopic (exact) mass is 410 g/mol. The molecule has 0 saturated carbocycles. The molecular formula is C21H22N4OS2. The highest BCUT2D eigenvalue weighted by molar-refractivity contribution is 7.98. The van der Waals surface area contributed by atoms with Gasteiger partial charge in [-0.1, -0.05) is 43.8 Å². The molecule has 0 aliphatic heterocycles. The van der Waals surface area contributed by atoms with E-state index in [9.17, 15) is 4.79 Å². The molecule has 0 bridgehead atoms. The molecule has 0 saturated heterocycles. The second-order valence-electron chi connectivity index (χ2n) is 7.06. The first kappa shape index (κ1) is 19.0. The maximum absolute atomic E-state index is 12.5. The molecule has 0 unspecified atom stereocenters. The summed E-state index contributed by atoms with van der Waals surface area (Å²) in [5.41, 5.74) is 3.38. The Hall–Kier alpha value is -2.38. The third kappa shape index (κ3) is 3.40. The maximum atomic E-state index is 12.5. The standard InChI is InChI=1S/C21H22N4OS2/c1-12(2)15-7-5-6-8-16(15)25-10-9-22-21(25)27-11-17-23-19(26)18-13(3)14(4)28-20(18)24-17/h5-10,12H,11H2,1-4H3,(H,23,24,26). The van der Waals surface area contributed by atoms with Crippen LogP contribution in [-0.4, -0.2) is 19.5 Å². The van der Waals surface area contributed by atoms with Crippen LogP contribution in [0.4, 0.5) is 0 Å². The molecular weight excluding hydrogens is 388 g/mol. The van der Waals surface area contributed by atoms with Gasteiger partial charge in [-0.15, -0.1) is 11.3 Å². The van der Waals surface area contributed by atoms with E-state index in [4.69, 9.17) is 0 Å². The summed E-state index contributed by atoms with van der Waals surface area (Å²) in [5.74, 6) is 1.65. The minimum Gasteiger partial charge on any atom is -0.309 e. The van der Waals surface area contributed by atoms with Crippen LogP contribution in [0, 0.1) is 13.8 Å². The fourth-order valence-corrected chi connectivity index (χ4v) is 5.16. The van der Waals surface area contributed by atoms with Gasteiger partial charge >= 0.3 is 0 Å². The molecule has 3 heterocycles. The number of H-pyrrole nitrogens is 1. The Morgan fingerprint density at radius 1 is 1.25 bits per heavy atom. The highest BCUT2D eigenvalue weighted by Gasteiger charge is 2.14. The predicted molar refractivity (Wildman–Crippen MR) is 117 cm³/mol. The Morgan fingerprint density at radius 2 is 2.04 bits per heavy atom. The van der Waals surface area contributed by atoms with Gasteiger partial charge in [-0.05, 0) is 37.0 Å². The zero-order valence-corrected chi connectivity index (χ0v) is 17.9. The van der Waals surface area contributed by atoms with E-state index < -0.39 is 0 Å². The van der Waals surface area contributed by atoms with Gasteiger partial charge in [0.1, 0.15) is 10.7 Å². The lowest BCUT2D eigenvalue weighted by Crippen LogP contribution is -2.11. The van der Waals surface area contributed by atoms with Gasteiger partial charge in [-0.3, -0.25) is 9.36 Å². The maximum Gasteiger partial charge on any atom is 0.259 e. The third-order valence-electron chi connectivity index (χ3n) is 4.85. The minimum atomic E-state index is -0.0593.